The lowest BCUT2D eigenvalue weighted by molar-refractivity contribution is 0.731. The summed E-state index contributed by atoms with van der Waals surface area (Å²) in [5, 5.41) is 8.28. The SMILES string of the molecule is C=C(/C=C\C=C(/C)N)c1nnc2n1CCC2. The number of fused-ring (bicyclic) bond motifs is 1. The van der Waals surface area contributed by atoms with Gasteiger partial charge in [0.25, 0.3) is 0 Å². The smallest absolute Gasteiger partial charge is 0.163 e. The topological polar surface area (TPSA) is 56.7 Å². The van der Waals surface area contributed by atoms with Gasteiger partial charge in [0.2, 0.25) is 0 Å². The van der Waals surface area contributed by atoms with Crippen LogP contribution < -0.4 is 5.73 Å². The van der Waals surface area contributed by atoms with Crippen molar-refractivity contribution in [3.05, 3.63) is 42.2 Å². The van der Waals surface area contributed by atoms with E-state index in [4.69, 9.17) is 5.73 Å². The lowest BCUT2D eigenvalue weighted by Gasteiger charge is -2.01. The van der Waals surface area contributed by atoms with E-state index in [1.165, 1.54) is 0 Å². The summed E-state index contributed by atoms with van der Waals surface area (Å²) in [4.78, 5) is 0. The molecule has 1 aromatic rings. The Morgan fingerprint density at radius 1 is 1.50 bits per heavy atom. The molecule has 0 radical (unpaired) electrons. The molecule has 4 nitrogen and oxygen atoms in total. The number of allylic oxidation sites excluding steroid dienone is 5. The Bertz CT molecular complexity index is 461. The second-order valence-corrected chi connectivity index (χ2v) is 3.99. The standard InChI is InChI=1S/C12H16N4/c1-9(5-3-6-10(2)13)12-15-14-11-7-4-8-16(11)12/h3,5-6H,1,4,7-8,13H2,2H3/b5-3-,10-6+. The largest absolute Gasteiger partial charge is 0.402 e. The third kappa shape index (κ3) is 2.05. The molecule has 84 valence electrons. The van der Waals surface area contributed by atoms with Crippen LogP contribution in [0.2, 0.25) is 0 Å². The quantitative estimate of drug-likeness (QED) is 0.782. The summed E-state index contributed by atoms with van der Waals surface area (Å²) in [7, 11) is 0. The zero-order chi connectivity index (χ0) is 11.5. The Hall–Kier alpha value is -1.84. The number of nitrogens with two attached hydrogens (primary N) is 1. The molecule has 0 aliphatic carbocycles. The van der Waals surface area contributed by atoms with Crippen LogP contribution in [0, 0.1) is 0 Å². The molecule has 2 N–H and O–H groups in total. The molecule has 1 aliphatic heterocycles. The molecule has 0 aromatic carbocycles. The lowest BCUT2D eigenvalue weighted by atomic mass is 10.2. The van der Waals surface area contributed by atoms with E-state index in [9.17, 15) is 0 Å². The predicted molar refractivity (Wildman–Crippen MR) is 64.5 cm³/mol. The molecule has 4 heteroatoms. The van der Waals surface area contributed by atoms with Crippen molar-refractivity contribution < 1.29 is 0 Å². The number of aromatic nitrogens is 3. The Morgan fingerprint density at radius 3 is 3.06 bits per heavy atom. The van der Waals surface area contributed by atoms with Gasteiger partial charge in [-0.25, -0.2) is 0 Å². The summed E-state index contributed by atoms with van der Waals surface area (Å²) >= 11 is 0. The van der Waals surface area contributed by atoms with Gasteiger partial charge < -0.3 is 10.3 Å². The van der Waals surface area contributed by atoms with Gasteiger partial charge in [0.15, 0.2) is 5.82 Å². The fraction of sp³-hybridized carbons (Fsp3) is 0.333. The first kappa shape index (κ1) is 10.7. The molecule has 2 rings (SSSR count). The van der Waals surface area contributed by atoms with Crippen molar-refractivity contribution in [3.8, 4) is 0 Å². The Balaban J connectivity index is 2.16. The number of aryl methyl sites for hydroxylation is 1. The zero-order valence-corrected chi connectivity index (χ0v) is 9.48. The minimum absolute atomic E-state index is 0.774. The summed E-state index contributed by atoms with van der Waals surface area (Å²) in [5.74, 6) is 1.93. The first-order valence-corrected chi connectivity index (χ1v) is 5.40. The molecule has 0 amide bonds. The second-order valence-electron chi connectivity index (χ2n) is 3.99. The molecular weight excluding hydrogens is 200 g/mol. The van der Waals surface area contributed by atoms with Gasteiger partial charge in [0, 0.05) is 24.2 Å². The van der Waals surface area contributed by atoms with Crippen LogP contribution in [0.5, 0.6) is 0 Å². The van der Waals surface area contributed by atoms with Crippen LogP contribution in [0.4, 0.5) is 0 Å². The first-order chi connectivity index (χ1) is 7.68. The highest BCUT2D eigenvalue weighted by Crippen LogP contribution is 2.19. The van der Waals surface area contributed by atoms with Crippen LogP contribution in [0.25, 0.3) is 5.57 Å². The van der Waals surface area contributed by atoms with Gasteiger partial charge in [-0.15, -0.1) is 10.2 Å². The average Bonchev–Trinajstić information content (AvgIpc) is 2.76. The van der Waals surface area contributed by atoms with Crippen molar-refractivity contribution in [2.24, 2.45) is 5.73 Å². The van der Waals surface area contributed by atoms with Crippen LogP contribution >= 0.6 is 0 Å². The molecule has 0 spiro atoms. The summed E-state index contributed by atoms with van der Waals surface area (Å²) in [6.45, 7) is 6.84. The lowest BCUT2D eigenvalue weighted by Crippen LogP contribution is -1.98. The number of hydrogen-bond donors (Lipinski definition) is 1. The van der Waals surface area contributed by atoms with Crippen molar-refractivity contribution in [2.45, 2.75) is 26.3 Å². The molecule has 0 saturated carbocycles. The van der Waals surface area contributed by atoms with Crippen LogP contribution in [-0.4, -0.2) is 14.8 Å². The molecule has 16 heavy (non-hydrogen) atoms. The van der Waals surface area contributed by atoms with Gasteiger partial charge in [0.05, 0.1) is 0 Å². The van der Waals surface area contributed by atoms with Crippen molar-refractivity contribution >= 4 is 5.57 Å². The molecule has 0 bridgehead atoms. The van der Waals surface area contributed by atoms with Gasteiger partial charge in [0.1, 0.15) is 5.82 Å². The molecular formula is C12H16N4. The van der Waals surface area contributed by atoms with E-state index in [0.717, 1.165) is 42.3 Å². The highest BCUT2D eigenvalue weighted by atomic mass is 15.3. The molecule has 1 aromatic heterocycles. The monoisotopic (exact) mass is 216 g/mol. The number of rotatable bonds is 3. The van der Waals surface area contributed by atoms with Crippen LogP contribution in [0.1, 0.15) is 25.0 Å². The fourth-order valence-electron chi connectivity index (χ4n) is 1.78. The molecule has 0 saturated heterocycles. The van der Waals surface area contributed by atoms with E-state index < -0.39 is 0 Å². The van der Waals surface area contributed by atoms with Crippen molar-refractivity contribution in [2.75, 3.05) is 0 Å². The highest BCUT2D eigenvalue weighted by molar-refractivity contribution is 5.67. The highest BCUT2D eigenvalue weighted by Gasteiger charge is 2.17. The third-order valence-corrected chi connectivity index (χ3v) is 2.55. The minimum atomic E-state index is 0.774. The average molecular weight is 216 g/mol. The zero-order valence-electron chi connectivity index (χ0n) is 9.48. The molecule has 0 unspecified atom stereocenters. The van der Waals surface area contributed by atoms with Crippen molar-refractivity contribution in [1.82, 2.24) is 14.8 Å². The van der Waals surface area contributed by atoms with E-state index in [-0.39, 0.29) is 0 Å². The maximum Gasteiger partial charge on any atom is 0.163 e. The first-order valence-electron chi connectivity index (χ1n) is 5.40. The van der Waals surface area contributed by atoms with Gasteiger partial charge in [-0.2, -0.15) is 0 Å². The molecule has 0 fully saturated rings. The Kier molecular flexibility index (Phi) is 2.90. The van der Waals surface area contributed by atoms with E-state index in [2.05, 4.69) is 21.3 Å². The Morgan fingerprint density at radius 2 is 2.31 bits per heavy atom. The van der Waals surface area contributed by atoms with E-state index >= 15 is 0 Å². The van der Waals surface area contributed by atoms with Crippen LogP contribution in [0.15, 0.2) is 30.5 Å². The van der Waals surface area contributed by atoms with Gasteiger partial charge in [-0.3, -0.25) is 0 Å². The molecule has 0 atom stereocenters. The Labute approximate surface area is 95.2 Å². The van der Waals surface area contributed by atoms with E-state index in [1.54, 1.807) is 0 Å². The molecule has 2 heterocycles. The van der Waals surface area contributed by atoms with Gasteiger partial charge in [-0.05, 0) is 19.4 Å². The molecule has 1 aliphatic rings. The van der Waals surface area contributed by atoms with Crippen molar-refractivity contribution in [1.29, 1.82) is 0 Å². The van der Waals surface area contributed by atoms with E-state index in [1.807, 2.05) is 25.2 Å². The van der Waals surface area contributed by atoms with Gasteiger partial charge >= 0.3 is 0 Å². The third-order valence-electron chi connectivity index (χ3n) is 2.55. The number of nitrogens with zero attached hydrogens (tertiary/aromatic N) is 3. The summed E-state index contributed by atoms with van der Waals surface area (Å²) in [6.07, 6.45) is 7.80. The van der Waals surface area contributed by atoms with Gasteiger partial charge in [-0.1, -0.05) is 18.7 Å². The maximum absolute atomic E-state index is 5.53. The second kappa shape index (κ2) is 4.35. The van der Waals surface area contributed by atoms with E-state index in [0.29, 0.717) is 0 Å². The fourth-order valence-corrected chi connectivity index (χ4v) is 1.78. The van der Waals surface area contributed by atoms with Crippen LogP contribution in [0.3, 0.4) is 0 Å². The summed E-state index contributed by atoms with van der Waals surface area (Å²) in [6, 6.07) is 0. The normalized spacial score (nSPS) is 15.7. The number of hydrogen-bond acceptors (Lipinski definition) is 3. The maximum atomic E-state index is 5.53. The summed E-state index contributed by atoms with van der Waals surface area (Å²) in [5.41, 5.74) is 7.18. The van der Waals surface area contributed by atoms with Crippen molar-refractivity contribution in [3.63, 3.8) is 0 Å². The summed E-state index contributed by atoms with van der Waals surface area (Å²) < 4.78 is 2.13. The minimum Gasteiger partial charge on any atom is -0.402 e. The predicted octanol–water partition coefficient (Wildman–Crippen LogP) is 1.66. The van der Waals surface area contributed by atoms with Crippen LogP contribution in [-0.2, 0) is 13.0 Å².